The number of hydrogen-bond donors (Lipinski definition) is 1. The normalized spacial score (nSPS) is 15.4. The summed E-state index contributed by atoms with van der Waals surface area (Å²) in [6.45, 7) is 1.86. The van der Waals surface area contributed by atoms with Gasteiger partial charge in [-0.15, -0.1) is 0 Å². The highest BCUT2D eigenvalue weighted by molar-refractivity contribution is 8.19. The summed E-state index contributed by atoms with van der Waals surface area (Å²) in [5.41, 5.74) is 2.01. The van der Waals surface area contributed by atoms with Crippen LogP contribution >= 0.6 is 11.8 Å². The van der Waals surface area contributed by atoms with Crippen molar-refractivity contribution in [3.05, 3.63) is 64.6 Å². The second-order valence-corrected chi connectivity index (χ2v) is 6.83. The van der Waals surface area contributed by atoms with E-state index in [4.69, 9.17) is 9.84 Å². The Morgan fingerprint density at radius 1 is 1.15 bits per heavy atom. The molecule has 1 N–H and O–H groups in total. The largest absolute Gasteiger partial charge is 0.492 e. The highest BCUT2D eigenvalue weighted by atomic mass is 32.2. The van der Waals surface area contributed by atoms with Crippen molar-refractivity contribution in [2.45, 2.75) is 13.3 Å². The third kappa shape index (κ3) is 4.20. The molecule has 2 aromatic rings. The molecule has 6 nitrogen and oxygen atoms in total. The number of thioether (sulfide) groups is 1. The second kappa shape index (κ2) is 8.09. The first kappa shape index (κ1) is 18.7. The number of ether oxygens (including phenoxy) is 1. The van der Waals surface area contributed by atoms with Crippen LogP contribution in [0, 0.1) is 6.92 Å². The molecule has 0 radical (unpaired) electrons. The van der Waals surface area contributed by atoms with Gasteiger partial charge in [-0.05, 0) is 42.5 Å². The monoisotopic (exact) mass is 383 g/mol. The molecule has 1 aliphatic heterocycles. The fraction of sp³-hybridized carbons (Fsp3) is 0.150. The van der Waals surface area contributed by atoms with E-state index in [0.29, 0.717) is 17.0 Å². The Labute approximate surface area is 160 Å². The van der Waals surface area contributed by atoms with Crippen molar-refractivity contribution in [1.82, 2.24) is 0 Å². The topological polar surface area (TPSA) is 83.9 Å². The Kier molecular flexibility index (Phi) is 5.61. The number of para-hydroxylation sites is 2. The Morgan fingerprint density at radius 3 is 2.59 bits per heavy atom. The van der Waals surface area contributed by atoms with Gasteiger partial charge in [0.2, 0.25) is 0 Å². The van der Waals surface area contributed by atoms with Crippen LogP contribution in [0.2, 0.25) is 0 Å². The van der Waals surface area contributed by atoms with Gasteiger partial charge < -0.3 is 9.84 Å². The number of amides is 2. The maximum absolute atomic E-state index is 12.8. The molecule has 1 aliphatic rings. The summed E-state index contributed by atoms with van der Waals surface area (Å²) >= 11 is 0.866. The fourth-order valence-corrected chi connectivity index (χ4v) is 3.44. The van der Waals surface area contributed by atoms with Crippen LogP contribution in [0.15, 0.2) is 53.4 Å². The Bertz CT molecular complexity index is 937. The van der Waals surface area contributed by atoms with Crippen LogP contribution < -0.4 is 9.64 Å². The molecule has 0 aromatic heterocycles. The van der Waals surface area contributed by atoms with Crippen LogP contribution in [-0.4, -0.2) is 28.8 Å². The van der Waals surface area contributed by atoms with Crippen LogP contribution in [0.3, 0.4) is 0 Å². The number of aryl methyl sites for hydroxylation is 1. The molecule has 1 heterocycles. The highest BCUT2D eigenvalue weighted by Crippen LogP contribution is 2.37. The average molecular weight is 383 g/mol. The molecule has 3 rings (SSSR count). The number of hydrogen-bond acceptors (Lipinski definition) is 5. The Balaban J connectivity index is 1.86. The molecule has 2 aromatic carbocycles. The smallest absolute Gasteiger partial charge is 0.306 e. The van der Waals surface area contributed by atoms with Crippen molar-refractivity contribution in [3.63, 3.8) is 0 Å². The second-order valence-electron chi connectivity index (χ2n) is 5.83. The van der Waals surface area contributed by atoms with Crippen molar-refractivity contribution in [3.8, 4) is 5.75 Å². The summed E-state index contributed by atoms with van der Waals surface area (Å²) in [7, 11) is 0. The number of carbonyl (C=O) groups excluding carboxylic acids is 2. The number of carbonyl (C=O) groups is 3. The minimum Gasteiger partial charge on any atom is -0.492 e. The van der Waals surface area contributed by atoms with Gasteiger partial charge in [-0.25, -0.2) is 4.90 Å². The van der Waals surface area contributed by atoms with Crippen molar-refractivity contribution < 1.29 is 24.2 Å². The van der Waals surface area contributed by atoms with Crippen molar-refractivity contribution >= 4 is 40.6 Å². The molecule has 0 spiro atoms. The highest BCUT2D eigenvalue weighted by Gasteiger charge is 2.37. The minimum absolute atomic E-state index is 0.0187. The number of imide groups is 1. The van der Waals surface area contributed by atoms with Gasteiger partial charge in [-0.2, -0.15) is 0 Å². The minimum atomic E-state index is -0.952. The third-order valence-corrected chi connectivity index (χ3v) is 4.80. The van der Waals surface area contributed by atoms with Gasteiger partial charge in [-0.3, -0.25) is 14.4 Å². The molecule has 2 amide bonds. The molecule has 138 valence electrons. The van der Waals surface area contributed by atoms with Crippen LogP contribution in [0.25, 0.3) is 6.08 Å². The van der Waals surface area contributed by atoms with Gasteiger partial charge in [0.1, 0.15) is 5.75 Å². The zero-order valence-corrected chi connectivity index (χ0v) is 15.4. The zero-order valence-electron chi connectivity index (χ0n) is 14.5. The maximum atomic E-state index is 12.8. The molecule has 0 saturated carbocycles. The molecule has 0 unspecified atom stereocenters. The van der Waals surface area contributed by atoms with E-state index in [2.05, 4.69) is 0 Å². The lowest BCUT2D eigenvalue weighted by Crippen LogP contribution is -2.28. The molecule has 1 fully saturated rings. The maximum Gasteiger partial charge on any atom is 0.306 e. The van der Waals surface area contributed by atoms with Gasteiger partial charge in [0, 0.05) is 5.56 Å². The van der Waals surface area contributed by atoms with E-state index >= 15 is 0 Å². The first-order chi connectivity index (χ1) is 13.0. The van der Waals surface area contributed by atoms with Gasteiger partial charge in [-0.1, -0.05) is 36.4 Å². The number of rotatable bonds is 6. The lowest BCUT2D eigenvalue weighted by Gasteiger charge is -2.14. The lowest BCUT2D eigenvalue weighted by atomic mass is 10.1. The molecule has 0 bridgehead atoms. The van der Waals surface area contributed by atoms with Crippen LogP contribution in [-0.2, 0) is 9.59 Å². The standard InChI is InChI=1S/C20H17NO5S/c1-13-6-2-4-8-15(13)21-19(24)17(27-20(21)25)12-14-7-3-5-9-16(14)26-11-10-18(22)23/h2-9,12H,10-11H2,1H3,(H,22,23)/b17-12+. The van der Waals surface area contributed by atoms with E-state index < -0.39 is 5.97 Å². The van der Waals surface area contributed by atoms with E-state index in [-0.39, 0.29) is 29.1 Å². The predicted octanol–water partition coefficient (Wildman–Crippen LogP) is 4.09. The summed E-state index contributed by atoms with van der Waals surface area (Å²) < 4.78 is 5.51. The number of anilines is 1. The summed E-state index contributed by atoms with van der Waals surface area (Å²) in [6.07, 6.45) is 1.47. The van der Waals surface area contributed by atoms with Crippen LogP contribution in [0.4, 0.5) is 10.5 Å². The van der Waals surface area contributed by atoms with Gasteiger partial charge >= 0.3 is 5.97 Å². The van der Waals surface area contributed by atoms with Crippen molar-refractivity contribution in [1.29, 1.82) is 0 Å². The molecule has 0 aliphatic carbocycles. The number of carboxylic acid groups (broad SMARTS) is 1. The lowest BCUT2D eigenvalue weighted by molar-refractivity contribution is -0.137. The SMILES string of the molecule is Cc1ccccc1N1C(=O)S/C(=C/c2ccccc2OCCC(=O)O)C1=O. The number of nitrogens with zero attached hydrogens (tertiary/aromatic N) is 1. The van der Waals surface area contributed by atoms with Gasteiger partial charge in [0.15, 0.2) is 0 Å². The van der Waals surface area contributed by atoms with Gasteiger partial charge in [0.05, 0.1) is 23.6 Å². The Morgan fingerprint density at radius 2 is 1.85 bits per heavy atom. The summed E-state index contributed by atoms with van der Waals surface area (Å²) in [6, 6.07) is 14.2. The van der Waals surface area contributed by atoms with Crippen LogP contribution in [0.1, 0.15) is 17.5 Å². The molecule has 1 saturated heterocycles. The molecular formula is C20H17NO5S. The van der Waals surface area contributed by atoms with Crippen LogP contribution in [0.5, 0.6) is 5.75 Å². The van der Waals surface area contributed by atoms with E-state index in [1.54, 1.807) is 42.5 Å². The third-order valence-electron chi connectivity index (χ3n) is 3.93. The quantitative estimate of drug-likeness (QED) is 0.757. The molecule has 0 atom stereocenters. The summed E-state index contributed by atoms with van der Waals surface area (Å²) in [5, 5.41) is 8.37. The zero-order chi connectivity index (χ0) is 19.4. The molecule has 27 heavy (non-hydrogen) atoms. The predicted molar refractivity (Wildman–Crippen MR) is 104 cm³/mol. The first-order valence-electron chi connectivity index (χ1n) is 8.24. The number of carboxylic acids is 1. The number of aliphatic carboxylic acids is 1. The van der Waals surface area contributed by atoms with Gasteiger partial charge in [0.25, 0.3) is 11.1 Å². The molecule has 7 heteroatoms. The molecular weight excluding hydrogens is 366 g/mol. The van der Waals surface area contributed by atoms with E-state index in [1.807, 2.05) is 19.1 Å². The summed E-state index contributed by atoms with van der Waals surface area (Å²) in [4.78, 5) is 37.3. The fourth-order valence-electron chi connectivity index (χ4n) is 2.61. The number of benzene rings is 2. The van der Waals surface area contributed by atoms with E-state index in [9.17, 15) is 14.4 Å². The van der Waals surface area contributed by atoms with Crippen molar-refractivity contribution in [2.75, 3.05) is 11.5 Å². The average Bonchev–Trinajstić information content (AvgIpc) is 2.90. The van der Waals surface area contributed by atoms with Crippen molar-refractivity contribution in [2.24, 2.45) is 0 Å². The van der Waals surface area contributed by atoms with E-state index in [1.165, 1.54) is 4.90 Å². The van der Waals surface area contributed by atoms with E-state index in [0.717, 1.165) is 17.3 Å². The summed E-state index contributed by atoms with van der Waals surface area (Å²) in [5.74, 6) is -0.882. The Hall–Kier alpha value is -3.06. The first-order valence-corrected chi connectivity index (χ1v) is 9.06.